The molecule has 2 rings (SSSR count). The number of nitrogens with zero attached hydrogens (tertiary/aromatic N) is 2. The molecule has 22 heavy (non-hydrogen) atoms. The molecule has 0 fully saturated rings. The molecule has 1 atom stereocenters. The Balaban J connectivity index is 2.17. The van der Waals surface area contributed by atoms with Crippen LogP contribution in [-0.2, 0) is 11.3 Å². The molecule has 1 amide bonds. The highest BCUT2D eigenvalue weighted by molar-refractivity contribution is 7.07. The number of aromatic amines is 1. The van der Waals surface area contributed by atoms with Crippen LogP contribution >= 0.6 is 11.3 Å². The molecule has 0 aliphatic heterocycles. The summed E-state index contributed by atoms with van der Waals surface area (Å²) in [5.41, 5.74) is 9.87. The lowest BCUT2D eigenvalue weighted by molar-refractivity contribution is -0.133. The molecular weight excluding hydrogens is 296 g/mol. The maximum Gasteiger partial charge on any atom is 0.244 e. The van der Waals surface area contributed by atoms with Gasteiger partial charge in [0.2, 0.25) is 5.91 Å². The molecule has 2 heterocycles. The van der Waals surface area contributed by atoms with E-state index >= 15 is 0 Å². The molecule has 0 saturated carbocycles. The lowest BCUT2D eigenvalue weighted by Gasteiger charge is -2.25. The van der Waals surface area contributed by atoms with E-state index in [0.717, 1.165) is 41.9 Å². The SMILES string of the molecule is CCCCN(Cc1ccsc1)C(=O)[C@@H](N)c1c(C)n[nH]c1C. The number of aromatic nitrogens is 2. The summed E-state index contributed by atoms with van der Waals surface area (Å²) in [6, 6.07) is 1.39. The number of thiophene rings is 1. The van der Waals surface area contributed by atoms with Gasteiger partial charge in [-0.05, 0) is 42.7 Å². The van der Waals surface area contributed by atoms with Crippen molar-refractivity contribution in [3.63, 3.8) is 0 Å². The van der Waals surface area contributed by atoms with Crippen molar-refractivity contribution in [2.24, 2.45) is 5.73 Å². The molecule has 0 aliphatic carbocycles. The van der Waals surface area contributed by atoms with Gasteiger partial charge in [-0.2, -0.15) is 16.4 Å². The Labute approximate surface area is 135 Å². The van der Waals surface area contributed by atoms with Gasteiger partial charge in [0.25, 0.3) is 0 Å². The largest absolute Gasteiger partial charge is 0.337 e. The predicted molar refractivity (Wildman–Crippen MR) is 89.6 cm³/mol. The van der Waals surface area contributed by atoms with Gasteiger partial charge in [0.15, 0.2) is 0 Å². The van der Waals surface area contributed by atoms with Crippen molar-refractivity contribution < 1.29 is 4.79 Å². The number of amides is 1. The normalized spacial score (nSPS) is 12.4. The molecule has 5 nitrogen and oxygen atoms in total. The Morgan fingerprint density at radius 1 is 1.50 bits per heavy atom. The standard InChI is InChI=1S/C16H24N4OS/c1-4-5-7-20(9-13-6-8-22-10-13)16(21)15(17)14-11(2)18-19-12(14)3/h6,8,10,15H,4-5,7,9,17H2,1-3H3,(H,18,19)/t15-/m0/s1. The topological polar surface area (TPSA) is 75.0 Å². The van der Waals surface area contributed by atoms with Crippen LogP contribution in [0.5, 0.6) is 0 Å². The van der Waals surface area contributed by atoms with E-state index in [-0.39, 0.29) is 5.91 Å². The Morgan fingerprint density at radius 2 is 2.27 bits per heavy atom. The Morgan fingerprint density at radius 3 is 2.82 bits per heavy atom. The Hall–Kier alpha value is -1.66. The highest BCUT2D eigenvalue weighted by Gasteiger charge is 2.26. The first-order chi connectivity index (χ1) is 10.5. The van der Waals surface area contributed by atoms with Crippen LogP contribution in [0.3, 0.4) is 0 Å². The third kappa shape index (κ3) is 3.75. The number of nitrogens with one attached hydrogen (secondary N) is 1. The molecule has 0 bridgehead atoms. The molecule has 2 aromatic heterocycles. The number of H-pyrrole nitrogens is 1. The van der Waals surface area contributed by atoms with Crippen LogP contribution in [-0.4, -0.2) is 27.5 Å². The summed E-state index contributed by atoms with van der Waals surface area (Å²) in [6.07, 6.45) is 2.03. The van der Waals surface area contributed by atoms with Gasteiger partial charge < -0.3 is 10.6 Å². The second-order valence-corrected chi connectivity index (χ2v) is 6.35. The van der Waals surface area contributed by atoms with E-state index in [0.29, 0.717) is 6.54 Å². The highest BCUT2D eigenvalue weighted by Crippen LogP contribution is 2.21. The zero-order chi connectivity index (χ0) is 16.1. The summed E-state index contributed by atoms with van der Waals surface area (Å²) >= 11 is 1.64. The van der Waals surface area contributed by atoms with E-state index in [1.165, 1.54) is 0 Å². The number of carbonyl (C=O) groups excluding carboxylic acids is 1. The molecule has 0 saturated heterocycles. The first-order valence-electron chi connectivity index (χ1n) is 7.61. The molecular formula is C16H24N4OS. The minimum absolute atomic E-state index is 0.0350. The van der Waals surface area contributed by atoms with E-state index in [2.05, 4.69) is 28.6 Å². The molecule has 0 unspecified atom stereocenters. The number of aryl methyl sites for hydroxylation is 2. The van der Waals surface area contributed by atoms with Crippen LogP contribution in [0.4, 0.5) is 0 Å². The monoisotopic (exact) mass is 320 g/mol. The molecule has 0 aliphatic rings. The molecule has 2 aromatic rings. The highest BCUT2D eigenvalue weighted by atomic mass is 32.1. The lowest BCUT2D eigenvalue weighted by Crippen LogP contribution is -2.39. The zero-order valence-corrected chi connectivity index (χ0v) is 14.2. The molecule has 0 radical (unpaired) electrons. The van der Waals surface area contributed by atoms with Crippen molar-refractivity contribution >= 4 is 17.2 Å². The average molecular weight is 320 g/mol. The van der Waals surface area contributed by atoms with Gasteiger partial charge in [-0.3, -0.25) is 9.89 Å². The van der Waals surface area contributed by atoms with Gasteiger partial charge in [0.05, 0.1) is 5.69 Å². The quantitative estimate of drug-likeness (QED) is 0.823. The maximum atomic E-state index is 12.8. The number of unbranched alkanes of at least 4 members (excludes halogenated alkanes) is 1. The van der Waals surface area contributed by atoms with Gasteiger partial charge in [0, 0.05) is 24.3 Å². The van der Waals surface area contributed by atoms with Crippen LogP contribution in [0, 0.1) is 13.8 Å². The van der Waals surface area contributed by atoms with Crippen molar-refractivity contribution in [3.05, 3.63) is 39.3 Å². The van der Waals surface area contributed by atoms with E-state index < -0.39 is 6.04 Å². The fourth-order valence-corrected chi connectivity index (χ4v) is 3.22. The summed E-state index contributed by atoms with van der Waals surface area (Å²) < 4.78 is 0. The van der Waals surface area contributed by atoms with Crippen molar-refractivity contribution in [3.8, 4) is 0 Å². The van der Waals surface area contributed by atoms with E-state index in [1.54, 1.807) is 11.3 Å². The fraction of sp³-hybridized carbons (Fsp3) is 0.500. The van der Waals surface area contributed by atoms with Gasteiger partial charge >= 0.3 is 0 Å². The average Bonchev–Trinajstić information content (AvgIpc) is 3.12. The predicted octanol–water partition coefficient (Wildman–Crippen LogP) is 2.92. The maximum absolute atomic E-state index is 12.8. The van der Waals surface area contributed by atoms with E-state index in [4.69, 9.17) is 5.73 Å². The smallest absolute Gasteiger partial charge is 0.244 e. The minimum atomic E-state index is -0.658. The third-order valence-electron chi connectivity index (χ3n) is 3.81. The number of hydrogen-bond donors (Lipinski definition) is 2. The number of carbonyl (C=O) groups is 1. The summed E-state index contributed by atoms with van der Waals surface area (Å²) in [4.78, 5) is 14.7. The van der Waals surface area contributed by atoms with Crippen LogP contribution in [0.15, 0.2) is 16.8 Å². The Kier molecular flexibility index (Phi) is 5.74. The van der Waals surface area contributed by atoms with Crippen molar-refractivity contribution in [1.29, 1.82) is 0 Å². The van der Waals surface area contributed by atoms with Crippen LogP contribution < -0.4 is 5.73 Å². The Bertz CT molecular complexity index is 586. The van der Waals surface area contributed by atoms with E-state index in [1.807, 2.05) is 24.1 Å². The lowest BCUT2D eigenvalue weighted by atomic mass is 10.0. The second-order valence-electron chi connectivity index (χ2n) is 5.57. The van der Waals surface area contributed by atoms with Crippen molar-refractivity contribution in [2.45, 2.75) is 46.2 Å². The van der Waals surface area contributed by atoms with Gasteiger partial charge in [-0.1, -0.05) is 13.3 Å². The molecule has 120 valence electrons. The minimum Gasteiger partial charge on any atom is -0.337 e. The van der Waals surface area contributed by atoms with Crippen LogP contribution in [0.25, 0.3) is 0 Å². The summed E-state index contributed by atoms with van der Waals surface area (Å²) in [5, 5.41) is 11.1. The summed E-state index contributed by atoms with van der Waals surface area (Å²) in [5.74, 6) is -0.0350. The van der Waals surface area contributed by atoms with Crippen molar-refractivity contribution in [1.82, 2.24) is 15.1 Å². The van der Waals surface area contributed by atoms with Gasteiger partial charge in [-0.25, -0.2) is 0 Å². The first kappa shape index (κ1) is 16.7. The summed E-state index contributed by atoms with van der Waals surface area (Å²) in [7, 11) is 0. The molecule has 0 aromatic carbocycles. The fourth-order valence-electron chi connectivity index (χ4n) is 2.56. The first-order valence-corrected chi connectivity index (χ1v) is 8.55. The number of nitrogens with two attached hydrogens (primary N) is 1. The molecule has 0 spiro atoms. The van der Waals surface area contributed by atoms with Crippen LogP contribution in [0.1, 0.15) is 48.3 Å². The molecule has 3 N–H and O–H groups in total. The number of rotatable bonds is 7. The summed E-state index contributed by atoms with van der Waals surface area (Å²) in [6.45, 7) is 7.25. The zero-order valence-electron chi connectivity index (χ0n) is 13.4. The van der Waals surface area contributed by atoms with Crippen LogP contribution in [0.2, 0.25) is 0 Å². The van der Waals surface area contributed by atoms with Crippen molar-refractivity contribution in [2.75, 3.05) is 6.54 Å². The third-order valence-corrected chi connectivity index (χ3v) is 4.54. The molecule has 6 heteroatoms. The second kappa shape index (κ2) is 7.56. The van der Waals surface area contributed by atoms with E-state index in [9.17, 15) is 4.79 Å². The van der Waals surface area contributed by atoms with Gasteiger partial charge in [-0.15, -0.1) is 0 Å². The number of hydrogen-bond acceptors (Lipinski definition) is 4. The van der Waals surface area contributed by atoms with Gasteiger partial charge in [0.1, 0.15) is 6.04 Å².